The largest absolute Gasteiger partial charge is 0.415 e. The van der Waals surface area contributed by atoms with E-state index in [0.717, 1.165) is 6.42 Å². The Labute approximate surface area is 97.6 Å². The van der Waals surface area contributed by atoms with E-state index in [-0.39, 0.29) is 0 Å². The number of rotatable bonds is 6. The Morgan fingerprint density at radius 2 is 1.00 bits per heavy atom. The van der Waals surface area contributed by atoms with Gasteiger partial charge in [-0.3, -0.25) is 0 Å². The molecule has 0 saturated carbocycles. The molecule has 4 heteroatoms. The average Bonchev–Trinajstić information content (AvgIpc) is 1.73. The van der Waals surface area contributed by atoms with Crippen molar-refractivity contribution < 1.29 is 8.85 Å². The molecule has 0 radical (unpaired) electrons. The van der Waals surface area contributed by atoms with E-state index in [1.807, 2.05) is 0 Å². The quantitative estimate of drug-likeness (QED) is 0.665. The summed E-state index contributed by atoms with van der Waals surface area (Å²) in [5.41, 5.74) is 0. The SMILES string of the molecule is C[C@H](C[C@H](C)O[Si](C)(C)C)O[Si](C)(C)C. The maximum Gasteiger partial charge on any atom is 0.184 e. The molecule has 0 aromatic heterocycles. The first-order valence-corrected chi connectivity index (χ1v) is 12.7. The van der Waals surface area contributed by atoms with Crippen molar-refractivity contribution in [1.29, 1.82) is 0 Å². The summed E-state index contributed by atoms with van der Waals surface area (Å²) in [6, 6.07) is 0. The summed E-state index contributed by atoms with van der Waals surface area (Å²) in [6.45, 7) is 17.7. The van der Waals surface area contributed by atoms with Crippen molar-refractivity contribution in [2.24, 2.45) is 0 Å². The Bertz CT molecular complexity index is 162. The third-order valence-electron chi connectivity index (χ3n) is 1.77. The van der Waals surface area contributed by atoms with Gasteiger partial charge in [-0.25, -0.2) is 0 Å². The first-order valence-electron chi connectivity index (χ1n) is 5.85. The van der Waals surface area contributed by atoms with Crippen LogP contribution in [-0.4, -0.2) is 28.8 Å². The lowest BCUT2D eigenvalue weighted by Gasteiger charge is -2.29. The fourth-order valence-corrected chi connectivity index (χ4v) is 4.38. The molecule has 15 heavy (non-hydrogen) atoms. The molecule has 0 N–H and O–H groups in total. The van der Waals surface area contributed by atoms with Gasteiger partial charge >= 0.3 is 0 Å². The van der Waals surface area contributed by atoms with Gasteiger partial charge in [0.25, 0.3) is 0 Å². The summed E-state index contributed by atoms with van der Waals surface area (Å²) in [6.07, 6.45) is 1.65. The molecule has 0 spiro atoms. The smallest absolute Gasteiger partial charge is 0.184 e. The molecule has 2 nitrogen and oxygen atoms in total. The molecule has 0 aliphatic rings. The van der Waals surface area contributed by atoms with Gasteiger partial charge in [-0.05, 0) is 59.6 Å². The van der Waals surface area contributed by atoms with E-state index < -0.39 is 16.6 Å². The van der Waals surface area contributed by atoms with Crippen LogP contribution in [0, 0.1) is 0 Å². The van der Waals surface area contributed by atoms with E-state index in [4.69, 9.17) is 8.85 Å². The van der Waals surface area contributed by atoms with Crippen molar-refractivity contribution in [2.75, 3.05) is 0 Å². The molecule has 0 aromatic carbocycles. The Morgan fingerprint density at radius 3 is 1.20 bits per heavy atom. The molecular formula is C11H28O2Si2. The zero-order valence-corrected chi connectivity index (χ0v) is 13.7. The molecule has 0 saturated heterocycles. The van der Waals surface area contributed by atoms with Gasteiger partial charge in [0.2, 0.25) is 0 Å². The maximum atomic E-state index is 6.00. The Kier molecular flexibility index (Phi) is 5.75. The summed E-state index contributed by atoms with van der Waals surface area (Å²) < 4.78 is 12.0. The first kappa shape index (κ1) is 15.4. The Balaban J connectivity index is 3.92. The van der Waals surface area contributed by atoms with Crippen molar-refractivity contribution in [3.8, 4) is 0 Å². The van der Waals surface area contributed by atoms with Gasteiger partial charge in [0.1, 0.15) is 0 Å². The fourth-order valence-electron chi connectivity index (χ4n) is 1.77. The zero-order valence-electron chi connectivity index (χ0n) is 11.7. The number of hydrogen-bond donors (Lipinski definition) is 0. The fraction of sp³-hybridized carbons (Fsp3) is 1.00. The van der Waals surface area contributed by atoms with Crippen LogP contribution < -0.4 is 0 Å². The summed E-state index contributed by atoms with van der Waals surface area (Å²) >= 11 is 0. The van der Waals surface area contributed by atoms with Crippen LogP contribution in [0.25, 0.3) is 0 Å². The van der Waals surface area contributed by atoms with Gasteiger partial charge in [0.05, 0.1) is 0 Å². The molecule has 92 valence electrons. The Hall–Kier alpha value is 0.354. The van der Waals surface area contributed by atoms with Crippen LogP contribution in [0.5, 0.6) is 0 Å². The second kappa shape index (κ2) is 5.61. The van der Waals surface area contributed by atoms with E-state index in [1.165, 1.54) is 0 Å². The summed E-state index contributed by atoms with van der Waals surface area (Å²) in [5, 5.41) is 0. The van der Waals surface area contributed by atoms with Crippen molar-refractivity contribution in [2.45, 2.75) is 71.8 Å². The average molecular weight is 249 g/mol. The lowest BCUT2D eigenvalue weighted by atomic mass is 10.2. The lowest BCUT2D eigenvalue weighted by Crippen LogP contribution is -2.35. The molecule has 0 bridgehead atoms. The van der Waals surface area contributed by atoms with Crippen molar-refractivity contribution in [1.82, 2.24) is 0 Å². The van der Waals surface area contributed by atoms with Crippen LogP contribution in [-0.2, 0) is 8.85 Å². The van der Waals surface area contributed by atoms with Gasteiger partial charge in [-0.1, -0.05) is 0 Å². The van der Waals surface area contributed by atoms with Crippen LogP contribution in [0.3, 0.4) is 0 Å². The predicted molar refractivity (Wildman–Crippen MR) is 72.4 cm³/mol. The van der Waals surface area contributed by atoms with E-state index in [0.29, 0.717) is 12.2 Å². The van der Waals surface area contributed by atoms with E-state index >= 15 is 0 Å². The second-order valence-corrected chi connectivity index (χ2v) is 15.2. The minimum absolute atomic E-state index is 0.322. The highest BCUT2D eigenvalue weighted by atomic mass is 28.4. The molecular weight excluding hydrogens is 220 g/mol. The number of hydrogen-bond acceptors (Lipinski definition) is 2. The highest BCUT2D eigenvalue weighted by Gasteiger charge is 2.23. The molecule has 0 fully saturated rings. The van der Waals surface area contributed by atoms with E-state index in [2.05, 4.69) is 53.1 Å². The molecule has 0 amide bonds. The Morgan fingerprint density at radius 1 is 0.733 bits per heavy atom. The molecule has 0 aromatic rings. The molecule has 0 unspecified atom stereocenters. The highest BCUT2D eigenvalue weighted by Crippen LogP contribution is 2.15. The minimum atomic E-state index is -1.39. The summed E-state index contributed by atoms with van der Waals surface area (Å²) in [7, 11) is -2.78. The highest BCUT2D eigenvalue weighted by molar-refractivity contribution is 6.70. The normalized spacial score (nSPS) is 17.6. The molecule has 2 atom stereocenters. The first-order chi connectivity index (χ1) is 6.49. The van der Waals surface area contributed by atoms with Gasteiger partial charge < -0.3 is 8.85 Å². The predicted octanol–water partition coefficient (Wildman–Crippen LogP) is 3.86. The van der Waals surface area contributed by atoms with Crippen molar-refractivity contribution in [3.05, 3.63) is 0 Å². The third-order valence-corrected chi connectivity index (χ3v) is 3.99. The van der Waals surface area contributed by atoms with Crippen LogP contribution in [0.2, 0.25) is 39.3 Å². The molecule has 0 rings (SSSR count). The third kappa shape index (κ3) is 10.6. The van der Waals surface area contributed by atoms with Gasteiger partial charge in [-0.15, -0.1) is 0 Å². The van der Waals surface area contributed by atoms with Crippen LogP contribution in [0.15, 0.2) is 0 Å². The zero-order chi connectivity index (χ0) is 12.3. The van der Waals surface area contributed by atoms with Crippen molar-refractivity contribution in [3.63, 3.8) is 0 Å². The second-order valence-electron chi connectivity index (χ2n) is 6.32. The maximum absolute atomic E-state index is 6.00. The lowest BCUT2D eigenvalue weighted by molar-refractivity contribution is 0.123. The van der Waals surface area contributed by atoms with Crippen LogP contribution in [0.4, 0.5) is 0 Å². The molecule has 0 aliphatic carbocycles. The van der Waals surface area contributed by atoms with Gasteiger partial charge in [0.15, 0.2) is 16.6 Å². The van der Waals surface area contributed by atoms with Crippen molar-refractivity contribution >= 4 is 16.6 Å². The summed E-state index contributed by atoms with van der Waals surface area (Å²) in [4.78, 5) is 0. The topological polar surface area (TPSA) is 18.5 Å². The van der Waals surface area contributed by atoms with Gasteiger partial charge in [0, 0.05) is 12.2 Å². The standard InChI is InChI=1S/C11H28O2Si2/c1-10(12-14(3,4)5)9-11(2)13-15(6,7)8/h10-11H,9H2,1-8H3/t10-,11+. The molecule has 0 aliphatic heterocycles. The van der Waals surface area contributed by atoms with Crippen LogP contribution >= 0.6 is 0 Å². The summed E-state index contributed by atoms with van der Waals surface area (Å²) in [5.74, 6) is 0. The monoisotopic (exact) mass is 248 g/mol. The van der Waals surface area contributed by atoms with Gasteiger partial charge in [-0.2, -0.15) is 0 Å². The van der Waals surface area contributed by atoms with E-state index in [9.17, 15) is 0 Å². The molecule has 0 heterocycles. The minimum Gasteiger partial charge on any atom is -0.415 e. The van der Waals surface area contributed by atoms with E-state index in [1.54, 1.807) is 0 Å². The van der Waals surface area contributed by atoms with Crippen LogP contribution in [0.1, 0.15) is 20.3 Å².